The van der Waals surface area contributed by atoms with Gasteiger partial charge >= 0.3 is 5.69 Å². The molecule has 0 saturated heterocycles. The van der Waals surface area contributed by atoms with Crippen LogP contribution in [0.15, 0.2) is 58.3 Å². The van der Waals surface area contributed by atoms with E-state index in [0.717, 1.165) is 26.9 Å². The lowest BCUT2D eigenvalue weighted by atomic mass is 10.0. The highest BCUT2D eigenvalue weighted by Gasteiger charge is 2.16. The van der Waals surface area contributed by atoms with Gasteiger partial charge in [-0.05, 0) is 57.0 Å². The Hall–Kier alpha value is -2.67. The van der Waals surface area contributed by atoms with Gasteiger partial charge in [-0.15, -0.1) is 0 Å². The maximum absolute atomic E-state index is 12.3. The van der Waals surface area contributed by atoms with Crippen LogP contribution in [0.3, 0.4) is 0 Å². The molecule has 0 spiro atoms. The van der Waals surface area contributed by atoms with Gasteiger partial charge in [0.05, 0.1) is 10.2 Å². The Morgan fingerprint density at radius 3 is 2.60 bits per heavy atom. The van der Waals surface area contributed by atoms with E-state index in [1.807, 2.05) is 49.4 Å². The van der Waals surface area contributed by atoms with E-state index >= 15 is 0 Å². The number of hydrogen-bond donors (Lipinski definition) is 0. The van der Waals surface area contributed by atoms with E-state index in [-0.39, 0.29) is 12.3 Å². The van der Waals surface area contributed by atoms with Crippen LogP contribution in [0.25, 0.3) is 11.3 Å². The lowest BCUT2D eigenvalue weighted by Crippen LogP contribution is -2.23. The lowest BCUT2D eigenvalue weighted by Gasteiger charge is -2.15. The third-order valence-corrected chi connectivity index (χ3v) is 4.42. The van der Waals surface area contributed by atoms with Crippen LogP contribution in [-0.2, 0) is 13.7 Å². The van der Waals surface area contributed by atoms with E-state index in [1.165, 1.54) is 9.36 Å². The smallest absolute Gasteiger partial charge is 0.368 e. The minimum absolute atomic E-state index is 0.268. The average molecular weight is 401 g/mol. The topological polar surface area (TPSA) is 61.9 Å². The molecule has 6 nitrogen and oxygen atoms in total. The summed E-state index contributed by atoms with van der Waals surface area (Å²) in [4.78, 5) is 12.3. The normalized spacial score (nSPS) is 10.7. The molecule has 0 radical (unpaired) electrons. The van der Waals surface area contributed by atoms with Crippen molar-refractivity contribution in [1.29, 1.82) is 0 Å². The van der Waals surface area contributed by atoms with E-state index in [0.29, 0.717) is 5.69 Å². The van der Waals surface area contributed by atoms with Crippen LogP contribution >= 0.6 is 15.9 Å². The monoisotopic (exact) mass is 400 g/mol. The molecule has 0 bridgehead atoms. The van der Waals surface area contributed by atoms with Crippen molar-refractivity contribution in [3.8, 4) is 11.4 Å². The van der Waals surface area contributed by atoms with Gasteiger partial charge in [0.25, 0.3) is 0 Å². The van der Waals surface area contributed by atoms with Crippen LogP contribution in [0, 0.1) is 0 Å². The quantitative estimate of drug-likeness (QED) is 0.658. The second kappa shape index (κ2) is 7.06. The standard InChI is InChI=1S/C18H17BrN4O2/c1-12(2)13-7-6-9-16(23-18(24)22(3)20-21-23)14(13)11-25-17-10-5-4-8-15(17)19/h4-10H,1,11H2,2-3H3. The minimum Gasteiger partial charge on any atom is -0.488 e. The van der Waals surface area contributed by atoms with Crippen molar-refractivity contribution in [2.45, 2.75) is 13.5 Å². The molecule has 3 rings (SSSR count). The van der Waals surface area contributed by atoms with E-state index in [4.69, 9.17) is 4.74 Å². The largest absolute Gasteiger partial charge is 0.488 e. The molecular formula is C18H17BrN4O2. The molecule has 0 aliphatic carbocycles. The molecule has 0 atom stereocenters. The fourth-order valence-corrected chi connectivity index (χ4v) is 2.90. The van der Waals surface area contributed by atoms with Crippen molar-refractivity contribution >= 4 is 21.5 Å². The second-order valence-corrected chi connectivity index (χ2v) is 6.45. The summed E-state index contributed by atoms with van der Waals surface area (Å²) in [6.07, 6.45) is 0. The van der Waals surface area contributed by atoms with Gasteiger partial charge in [0.1, 0.15) is 12.4 Å². The number of aryl methyl sites for hydroxylation is 1. The number of nitrogens with zero attached hydrogens (tertiary/aromatic N) is 4. The molecule has 1 aromatic heterocycles. The molecule has 0 fully saturated rings. The molecule has 0 unspecified atom stereocenters. The molecule has 128 valence electrons. The van der Waals surface area contributed by atoms with Gasteiger partial charge in [-0.2, -0.15) is 9.36 Å². The number of hydrogen-bond acceptors (Lipinski definition) is 4. The van der Waals surface area contributed by atoms with Gasteiger partial charge in [-0.3, -0.25) is 0 Å². The Balaban J connectivity index is 2.07. The highest BCUT2D eigenvalue weighted by atomic mass is 79.9. The number of tetrazole rings is 1. The zero-order valence-electron chi connectivity index (χ0n) is 13.9. The summed E-state index contributed by atoms with van der Waals surface area (Å²) in [6, 6.07) is 13.2. The predicted molar refractivity (Wildman–Crippen MR) is 99.8 cm³/mol. The molecule has 0 aliphatic heterocycles. The third kappa shape index (κ3) is 3.41. The Morgan fingerprint density at radius 1 is 1.20 bits per heavy atom. The molecule has 7 heteroatoms. The molecule has 1 heterocycles. The van der Waals surface area contributed by atoms with Crippen molar-refractivity contribution in [1.82, 2.24) is 19.8 Å². The summed E-state index contributed by atoms with van der Waals surface area (Å²) < 4.78 is 9.28. The van der Waals surface area contributed by atoms with Crippen molar-refractivity contribution in [3.05, 3.63) is 75.1 Å². The van der Waals surface area contributed by atoms with E-state index in [9.17, 15) is 4.79 Å². The number of benzene rings is 2. The zero-order valence-corrected chi connectivity index (χ0v) is 15.5. The predicted octanol–water partition coefficient (Wildman–Crippen LogP) is 3.34. The number of para-hydroxylation sites is 1. The summed E-state index contributed by atoms with van der Waals surface area (Å²) in [6.45, 7) is 6.21. The van der Waals surface area contributed by atoms with Gasteiger partial charge in [0.15, 0.2) is 0 Å². The van der Waals surface area contributed by atoms with Crippen LogP contribution in [0.1, 0.15) is 18.1 Å². The van der Waals surface area contributed by atoms with Gasteiger partial charge < -0.3 is 4.74 Å². The first-order valence-corrected chi connectivity index (χ1v) is 8.43. The van der Waals surface area contributed by atoms with E-state index in [1.54, 1.807) is 7.05 Å². The van der Waals surface area contributed by atoms with Crippen LogP contribution < -0.4 is 10.4 Å². The number of rotatable bonds is 5. The van der Waals surface area contributed by atoms with Crippen molar-refractivity contribution in [3.63, 3.8) is 0 Å². The van der Waals surface area contributed by atoms with Gasteiger partial charge in [0.2, 0.25) is 0 Å². The first kappa shape index (κ1) is 17.2. The van der Waals surface area contributed by atoms with Crippen LogP contribution in [0.4, 0.5) is 0 Å². The van der Waals surface area contributed by atoms with Crippen molar-refractivity contribution in [2.24, 2.45) is 7.05 Å². The lowest BCUT2D eigenvalue weighted by molar-refractivity contribution is 0.303. The summed E-state index contributed by atoms with van der Waals surface area (Å²) >= 11 is 3.47. The molecule has 0 saturated carbocycles. The molecule has 25 heavy (non-hydrogen) atoms. The van der Waals surface area contributed by atoms with Crippen molar-refractivity contribution in [2.75, 3.05) is 0 Å². The first-order valence-electron chi connectivity index (χ1n) is 7.63. The van der Waals surface area contributed by atoms with E-state index in [2.05, 4.69) is 32.9 Å². The molecule has 2 aromatic carbocycles. The summed E-state index contributed by atoms with van der Waals surface area (Å²) in [5, 5.41) is 7.73. The molecular weight excluding hydrogens is 384 g/mol. The van der Waals surface area contributed by atoms with Crippen molar-refractivity contribution < 1.29 is 4.74 Å². The van der Waals surface area contributed by atoms with Crippen LogP contribution in [0.2, 0.25) is 0 Å². The van der Waals surface area contributed by atoms with Gasteiger partial charge in [0, 0.05) is 12.6 Å². The van der Waals surface area contributed by atoms with Gasteiger partial charge in [-0.25, -0.2) is 4.79 Å². The highest BCUT2D eigenvalue weighted by molar-refractivity contribution is 9.10. The van der Waals surface area contributed by atoms with E-state index < -0.39 is 0 Å². The SMILES string of the molecule is C=C(C)c1cccc(-n2nnn(C)c2=O)c1COc1ccccc1Br. The molecule has 0 aliphatic rings. The fourth-order valence-electron chi connectivity index (χ4n) is 2.50. The first-order chi connectivity index (χ1) is 12.0. The number of allylic oxidation sites excluding steroid dienone is 1. The zero-order chi connectivity index (χ0) is 18.0. The van der Waals surface area contributed by atoms with Crippen LogP contribution in [0.5, 0.6) is 5.75 Å². The summed E-state index contributed by atoms with van der Waals surface area (Å²) in [7, 11) is 1.56. The molecule has 3 aromatic rings. The average Bonchev–Trinajstić information content (AvgIpc) is 2.93. The fraction of sp³-hybridized carbons (Fsp3) is 0.167. The highest BCUT2D eigenvalue weighted by Crippen LogP contribution is 2.28. The third-order valence-electron chi connectivity index (χ3n) is 3.77. The van der Waals surface area contributed by atoms with Crippen LogP contribution in [-0.4, -0.2) is 19.8 Å². The Morgan fingerprint density at radius 2 is 1.96 bits per heavy atom. The Kier molecular flexibility index (Phi) is 4.85. The second-order valence-electron chi connectivity index (χ2n) is 5.60. The Labute approximate surface area is 153 Å². The molecule has 0 amide bonds. The van der Waals surface area contributed by atoms with Gasteiger partial charge in [-0.1, -0.05) is 36.4 Å². The maximum Gasteiger partial charge on any atom is 0.368 e. The summed E-state index contributed by atoms with van der Waals surface area (Å²) in [5.41, 5.74) is 2.94. The molecule has 0 N–H and O–H groups in total. The number of halogens is 1. The maximum atomic E-state index is 12.3. The number of aromatic nitrogens is 4. The summed E-state index contributed by atoms with van der Waals surface area (Å²) in [5.74, 6) is 0.719. The number of ether oxygens (including phenoxy) is 1. The Bertz CT molecular complexity index is 991. The minimum atomic E-state index is -0.319.